The van der Waals surface area contributed by atoms with Crippen molar-refractivity contribution >= 4 is 34.2 Å². The Morgan fingerprint density at radius 3 is 2.77 bits per heavy atom. The summed E-state index contributed by atoms with van der Waals surface area (Å²) in [5.74, 6) is -1.52. The fourth-order valence-electron chi connectivity index (χ4n) is 4.03. The van der Waals surface area contributed by atoms with Crippen LogP contribution in [-0.2, 0) is 19.3 Å². The van der Waals surface area contributed by atoms with E-state index >= 15 is 0 Å². The third kappa shape index (κ3) is 4.33. The van der Waals surface area contributed by atoms with Crippen molar-refractivity contribution in [2.45, 2.75) is 44.9 Å². The van der Waals surface area contributed by atoms with Crippen molar-refractivity contribution in [1.82, 2.24) is 9.97 Å². The molecule has 0 amide bonds. The SMILES string of the molecule is O=C(O)c1nc(CCCCNc2c3c(nc4ccc(Cl)cc24)CCCC3)ccc1O. The van der Waals surface area contributed by atoms with Crippen LogP contribution >= 0.6 is 11.6 Å². The molecule has 0 aliphatic heterocycles. The molecule has 0 spiro atoms. The highest BCUT2D eigenvalue weighted by Crippen LogP contribution is 2.34. The Kier molecular flexibility index (Phi) is 6.04. The summed E-state index contributed by atoms with van der Waals surface area (Å²) in [5, 5.41) is 24.0. The maximum absolute atomic E-state index is 11.1. The zero-order valence-corrected chi connectivity index (χ0v) is 17.4. The molecular formula is C23H24ClN3O3. The molecule has 156 valence electrons. The van der Waals surface area contributed by atoms with Gasteiger partial charge < -0.3 is 15.5 Å². The number of unbranched alkanes of at least 4 members (excludes halogenated alkanes) is 1. The Morgan fingerprint density at radius 2 is 1.93 bits per heavy atom. The van der Waals surface area contributed by atoms with Crippen molar-refractivity contribution in [3.8, 4) is 5.75 Å². The number of rotatable bonds is 7. The Hall–Kier alpha value is -2.86. The fourth-order valence-corrected chi connectivity index (χ4v) is 4.20. The van der Waals surface area contributed by atoms with Gasteiger partial charge in [0.25, 0.3) is 0 Å². The van der Waals surface area contributed by atoms with Crippen LogP contribution in [0.1, 0.15) is 53.1 Å². The Labute approximate surface area is 179 Å². The molecule has 1 aliphatic carbocycles. The Balaban J connectivity index is 1.44. The molecule has 0 bridgehead atoms. The smallest absolute Gasteiger partial charge is 0.358 e. The number of benzene rings is 1. The topological polar surface area (TPSA) is 95.3 Å². The first-order valence-corrected chi connectivity index (χ1v) is 10.7. The summed E-state index contributed by atoms with van der Waals surface area (Å²) in [5.41, 5.74) is 4.99. The molecule has 0 atom stereocenters. The van der Waals surface area contributed by atoms with Crippen molar-refractivity contribution in [2.24, 2.45) is 0 Å². The molecule has 1 aromatic carbocycles. The standard InChI is InChI=1S/C23H24ClN3O3/c24-14-8-10-19-17(13-14)21(16-6-1-2-7-18(16)27-19)25-12-4-3-5-15-9-11-20(28)22(26-15)23(29)30/h8-11,13,28H,1-7,12H2,(H,25,27)(H,29,30). The molecule has 3 N–H and O–H groups in total. The van der Waals surface area contributed by atoms with Gasteiger partial charge in [-0.05, 0) is 80.8 Å². The number of carboxylic acid groups (broad SMARTS) is 1. The van der Waals surface area contributed by atoms with E-state index in [1.807, 2.05) is 18.2 Å². The minimum absolute atomic E-state index is 0.294. The highest BCUT2D eigenvalue weighted by atomic mass is 35.5. The van der Waals surface area contributed by atoms with Crippen LogP contribution in [0.25, 0.3) is 10.9 Å². The Bertz CT molecular complexity index is 1100. The second-order valence-corrected chi connectivity index (χ2v) is 8.08. The van der Waals surface area contributed by atoms with E-state index in [-0.39, 0.29) is 11.4 Å². The van der Waals surface area contributed by atoms with E-state index in [0.717, 1.165) is 48.8 Å². The molecule has 30 heavy (non-hydrogen) atoms. The van der Waals surface area contributed by atoms with E-state index in [4.69, 9.17) is 21.7 Å². The largest absolute Gasteiger partial charge is 0.505 e. The number of aromatic carboxylic acids is 1. The van der Waals surface area contributed by atoms with Crippen molar-refractivity contribution in [3.63, 3.8) is 0 Å². The van der Waals surface area contributed by atoms with Crippen LogP contribution in [0.5, 0.6) is 5.75 Å². The van der Waals surface area contributed by atoms with Gasteiger partial charge in [0.2, 0.25) is 0 Å². The summed E-state index contributed by atoms with van der Waals surface area (Å²) in [7, 11) is 0. The Morgan fingerprint density at radius 1 is 1.10 bits per heavy atom. The predicted octanol–water partition coefficient (Wildman–Crippen LogP) is 5.00. The third-order valence-electron chi connectivity index (χ3n) is 5.52. The second kappa shape index (κ2) is 8.88. The second-order valence-electron chi connectivity index (χ2n) is 7.64. The summed E-state index contributed by atoms with van der Waals surface area (Å²) >= 11 is 6.25. The predicted molar refractivity (Wildman–Crippen MR) is 118 cm³/mol. The number of carbonyl (C=O) groups is 1. The van der Waals surface area contributed by atoms with Crippen LogP contribution in [0.3, 0.4) is 0 Å². The number of nitrogens with one attached hydrogen (secondary N) is 1. The first-order valence-electron chi connectivity index (χ1n) is 10.3. The number of anilines is 1. The van der Waals surface area contributed by atoms with Gasteiger partial charge in [-0.2, -0.15) is 0 Å². The average Bonchev–Trinajstić information content (AvgIpc) is 2.74. The number of hydrogen-bond acceptors (Lipinski definition) is 5. The highest BCUT2D eigenvalue weighted by Gasteiger charge is 2.18. The number of aromatic nitrogens is 2. The number of fused-ring (bicyclic) bond motifs is 2. The lowest BCUT2D eigenvalue weighted by molar-refractivity contribution is 0.0686. The average molecular weight is 426 g/mol. The molecule has 0 radical (unpaired) electrons. The summed E-state index contributed by atoms with van der Waals surface area (Å²) in [4.78, 5) is 20.0. The summed E-state index contributed by atoms with van der Waals surface area (Å²) in [6.07, 6.45) is 6.82. The first-order chi connectivity index (χ1) is 14.5. The summed E-state index contributed by atoms with van der Waals surface area (Å²) in [6.45, 7) is 0.794. The number of nitrogens with zero attached hydrogens (tertiary/aromatic N) is 2. The molecule has 1 aliphatic rings. The first kappa shape index (κ1) is 20.4. The lowest BCUT2D eigenvalue weighted by atomic mass is 9.92. The number of aryl methyl sites for hydroxylation is 2. The van der Waals surface area contributed by atoms with Gasteiger partial charge in [0.15, 0.2) is 5.69 Å². The summed E-state index contributed by atoms with van der Waals surface area (Å²) < 4.78 is 0. The van der Waals surface area contributed by atoms with Gasteiger partial charge in [-0.15, -0.1) is 0 Å². The van der Waals surface area contributed by atoms with Gasteiger partial charge in [-0.1, -0.05) is 11.6 Å². The highest BCUT2D eigenvalue weighted by molar-refractivity contribution is 6.31. The maximum Gasteiger partial charge on any atom is 0.358 e. The van der Waals surface area contributed by atoms with Crippen LogP contribution in [0, 0.1) is 0 Å². The third-order valence-corrected chi connectivity index (χ3v) is 5.75. The molecule has 0 fully saturated rings. The summed E-state index contributed by atoms with van der Waals surface area (Å²) in [6, 6.07) is 8.90. The van der Waals surface area contributed by atoms with Crippen LogP contribution in [0.2, 0.25) is 5.02 Å². The molecule has 7 heteroatoms. The minimum atomic E-state index is -1.22. The van der Waals surface area contributed by atoms with Crippen LogP contribution in [0.4, 0.5) is 5.69 Å². The quantitative estimate of drug-likeness (QED) is 0.461. The lowest BCUT2D eigenvalue weighted by Gasteiger charge is -2.22. The zero-order valence-electron chi connectivity index (χ0n) is 16.6. The number of pyridine rings is 2. The van der Waals surface area contributed by atoms with Gasteiger partial charge >= 0.3 is 5.97 Å². The molecule has 0 saturated carbocycles. The van der Waals surface area contributed by atoms with Gasteiger partial charge in [0.1, 0.15) is 5.75 Å². The maximum atomic E-state index is 11.1. The van der Waals surface area contributed by atoms with Gasteiger partial charge in [0.05, 0.1) is 5.52 Å². The molecule has 3 aromatic rings. The molecule has 0 unspecified atom stereocenters. The zero-order chi connectivity index (χ0) is 21.1. The number of halogens is 1. The number of hydrogen-bond donors (Lipinski definition) is 3. The molecule has 2 aromatic heterocycles. The molecule has 2 heterocycles. The van der Waals surface area contributed by atoms with Crippen LogP contribution in [0.15, 0.2) is 30.3 Å². The molecule has 4 rings (SSSR count). The van der Waals surface area contributed by atoms with Crippen LogP contribution < -0.4 is 5.32 Å². The van der Waals surface area contributed by atoms with Crippen molar-refractivity contribution in [3.05, 3.63) is 58.0 Å². The minimum Gasteiger partial charge on any atom is -0.505 e. The van der Waals surface area contributed by atoms with E-state index in [0.29, 0.717) is 17.1 Å². The lowest BCUT2D eigenvalue weighted by Crippen LogP contribution is -2.12. The fraction of sp³-hybridized carbons (Fsp3) is 0.348. The number of aromatic hydroxyl groups is 1. The van der Waals surface area contributed by atoms with Gasteiger partial charge in [-0.25, -0.2) is 9.78 Å². The van der Waals surface area contributed by atoms with Gasteiger partial charge in [0, 0.05) is 34.0 Å². The monoisotopic (exact) mass is 425 g/mol. The van der Waals surface area contributed by atoms with Crippen molar-refractivity contribution in [1.29, 1.82) is 0 Å². The van der Waals surface area contributed by atoms with Gasteiger partial charge in [-0.3, -0.25) is 4.98 Å². The van der Waals surface area contributed by atoms with E-state index < -0.39 is 5.97 Å². The molecule has 0 saturated heterocycles. The molecule has 6 nitrogen and oxygen atoms in total. The van der Waals surface area contributed by atoms with Crippen LogP contribution in [-0.4, -0.2) is 32.7 Å². The van der Waals surface area contributed by atoms with Crippen molar-refractivity contribution in [2.75, 3.05) is 11.9 Å². The van der Waals surface area contributed by atoms with Crippen molar-refractivity contribution < 1.29 is 15.0 Å². The van der Waals surface area contributed by atoms with E-state index in [1.54, 1.807) is 6.07 Å². The number of carboxylic acids is 1. The molecular weight excluding hydrogens is 402 g/mol. The van der Waals surface area contributed by atoms with E-state index in [2.05, 4.69) is 10.3 Å². The van der Waals surface area contributed by atoms with E-state index in [9.17, 15) is 9.90 Å². The van der Waals surface area contributed by atoms with E-state index in [1.165, 1.54) is 30.2 Å². The normalized spacial score (nSPS) is 13.2.